The van der Waals surface area contributed by atoms with Gasteiger partial charge >= 0.3 is 5.97 Å². The highest BCUT2D eigenvalue weighted by Crippen LogP contribution is 2.23. The molecule has 0 aliphatic heterocycles. The fraction of sp³-hybridized carbons (Fsp3) is 0.263. The first-order valence-corrected chi connectivity index (χ1v) is 10.0. The quantitative estimate of drug-likeness (QED) is 0.668. The van der Waals surface area contributed by atoms with Crippen LogP contribution in [-0.4, -0.2) is 32.9 Å². The van der Waals surface area contributed by atoms with Crippen LogP contribution in [0.5, 0.6) is 0 Å². The average molecular weight is 388 g/mol. The first-order chi connectivity index (χ1) is 13.0. The Balaban J connectivity index is 1.64. The Labute approximate surface area is 157 Å². The maximum atomic E-state index is 12.4. The molecule has 142 valence electrons. The summed E-state index contributed by atoms with van der Waals surface area (Å²) in [6.45, 7) is -0.572. The third-order valence-electron chi connectivity index (χ3n) is 3.97. The third kappa shape index (κ3) is 5.38. The molecule has 2 aromatic carbocycles. The molecule has 7 nitrogen and oxygen atoms in total. The number of hydrogen-bond donors (Lipinski definition) is 2. The zero-order valence-corrected chi connectivity index (χ0v) is 15.3. The highest BCUT2D eigenvalue weighted by molar-refractivity contribution is 7.89. The van der Waals surface area contributed by atoms with Gasteiger partial charge in [0.2, 0.25) is 16.1 Å². The molecule has 3 rings (SSSR count). The Bertz CT molecular complexity index is 896. The van der Waals surface area contributed by atoms with E-state index in [0.29, 0.717) is 5.56 Å². The van der Waals surface area contributed by atoms with Crippen LogP contribution in [0, 0.1) is 0 Å². The van der Waals surface area contributed by atoms with Crippen LogP contribution in [-0.2, 0) is 24.3 Å². The molecule has 1 saturated carbocycles. The van der Waals surface area contributed by atoms with Gasteiger partial charge in [0.05, 0.1) is 4.90 Å². The van der Waals surface area contributed by atoms with Gasteiger partial charge < -0.3 is 10.1 Å². The molecule has 1 aliphatic carbocycles. The van der Waals surface area contributed by atoms with Crippen LogP contribution in [0.4, 0.5) is 0 Å². The largest absolute Gasteiger partial charge is 0.446 e. The van der Waals surface area contributed by atoms with Gasteiger partial charge in [0, 0.05) is 11.6 Å². The van der Waals surface area contributed by atoms with Crippen molar-refractivity contribution in [1.82, 2.24) is 10.0 Å². The third-order valence-corrected chi connectivity index (χ3v) is 5.39. The molecular formula is C19H20N2O5S. The molecule has 0 bridgehead atoms. The number of ether oxygens (including phenoxy) is 1. The SMILES string of the molecule is O=C(CNS(=O)(=O)c1ccccc1)O[C@H](C(=O)NC1CC1)c1ccccc1. The van der Waals surface area contributed by atoms with Crippen LogP contribution in [0.2, 0.25) is 0 Å². The molecule has 1 amide bonds. The smallest absolute Gasteiger partial charge is 0.322 e. The second-order valence-corrected chi connectivity index (χ2v) is 7.97. The second-order valence-electron chi connectivity index (χ2n) is 6.20. The van der Waals surface area contributed by atoms with E-state index in [4.69, 9.17) is 4.74 Å². The van der Waals surface area contributed by atoms with Crippen molar-refractivity contribution < 1.29 is 22.7 Å². The number of carbonyl (C=O) groups is 2. The van der Waals surface area contributed by atoms with Gasteiger partial charge in [0.1, 0.15) is 6.54 Å². The van der Waals surface area contributed by atoms with E-state index in [9.17, 15) is 18.0 Å². The summed E-state index contributed by atoms with van der Waals surface area (Å²) in [4.78, 5) is 24.7. The lowest BCUT2D eigenvalue weighted by Crippen LogP contribution is -2.36. The Morgan fingerprint density at radius 2 is 1.59 bits per heavy atom. The molecule has 0 radical (unpaired) electrons. The van der Waals surface area contributed by atoms with Crippen molar-refractivity contribution in [2.75, 3.05) is 6.54 Å². The Hall–Kier alpha value is -2.71. The first-order valence-electron chi connectivity index (χ1n) is 8.55. The van der Waals surface area contributed by atoms with Crippen molar-refractivity contribution in [3.63, 3.8) is 0 Å². The maximum absolute atomic E-state index is 12.4. The minimum absolute atomic E-state index is 0.0453. The summed E-state index contributed by atoms with van der Waals surface area (Å²) < 4.78 is 31.8. The number of rotatable bonds is 8. The lowest BCUT2D eigenvalue weighted by Gasteiger charge is -2.18. The van der Waals surface area contributed by atoms with Crippen molar-refractivity contribution in [3.05, 3.63) is 66.2 Å². The summed E-state index contributed by atoms with van der Waals surface area (Å²) in [7, 11) is -3.84. The molecule has 27 heavy (non-hydrogen) atoms. The molecule has 1 atom stereocenters. The lowest BCUT2D eigenvalue weighted by atomic mass is 10.1. The molecule has 8 heteroatoms. The van der Waals surface area contributed by atoms with Gasteiger partial charge in [0.15, 0.2) is 0 Å². The van der Waals surface area contributed by atoms with Crippen molar-refractivity contribution in [1.29, 1.82) is 0 Å². The highest BCUT2D eigenvalue weighted by atomic mass is 32.2. The molecule has 0 heterocycles. The van der Waals surface area contributed by atoms with Gasteiger partial charge in [-0.2, -0.15) is 4.72 Å². The summed E-state index contributed by atoms with van der Waals surface area (Å²) in [5, 5.41) is 2.80. The van der Waals surface area contributed by atoms with Gasteiger partial charge in [-0.05, 0) is 25.0 Å². The number of benzene rings is 2. The molecule has 0 spiro atoms. The zero-order valence-electron chi connectivity index (χ0n) is 14.5. The predicted molar refractivity (Wildman–Crippen MR) is 98.1 cm³/mol. The average Bonchev–Trinajstić information content (AvgIpc) is 3.50. The monoisotopic (exact) mass is 388 g/mol. The van der Waals surface area contributed by atoms with E-state index in [0.717, 1.165) is 12.8 Å². The van der Waals surface area contributed by atoms with Gasteiger partial charge in [-0.3, -0.25) is 9.59 Å². The molecule has 1 aliphatic rings. The molecule has 0 unspecified atom stereocenters. The maximum Gasteiger partial charge on any atom is 0.322 e. The normalized spacial score (nSPS) is 15.0. The van der Waals surface area contributed by atoms with Gasteiger partial charge in [-0.25, -0.2) is 8.42 Å². The summed E-state index contributed by atoms with van der Waals surface area (Å²) >= 11 is 0. The van der Waals surface area contributed by atoms with Crippen LogP contribution in [0.15, 0.2) is 65.6 Å². The molecule has 1 fully saturated rings. The van der Waals surface area contributed by atoms with E-state index in [-0.39, 0.29) is 10.9 Å². The lowest BCUT2D eigenvalue weighted by molar-refractivity contribution is -0.155. The molecule has 2 aromatic rings. The summed E-state index contributed by atoms with van der Waals surface area (Å²) in [5.41, 5.74) is 0.523. The molecule has 2 N–H and O–H groups in total. The molecule has 0 saturated heterocycles. The van der Waals surface area contributed by atoms with Gasteiger partial charge in [-0.15, -0.1) is 0 Å². The Morgan fingerprint density at radius 3 is 2.19 bits per heavy atom. The fourth-order valence-electron chi connectivity index (χ4n) is 2.42. The Kier molecular flexibility index (Phi) is 5.88. The van der Waals surface area contributed by atoms with Crippen LogP contribution in [0.3, 0.4) is 0 Å². The minimum Gasteiger partial charge on any atom is -0.446 e. The molecular weight excluding hydrogens is 368 g/mol. The standard InChI is InChI=1S/C19H20N2O5S/c22-17(13-20-27(24,25)16-9-5-2-6-10-16)26-18(14-7-3-1-4-8-14)19(23)21-15-11-12-15/h1-10,15,18,20H,11-13H2,(H,21,23)/t18-/m0/s1. The number of esters is 1. The van der Waals surface area contributed by atoms with Crippen molar-refractivity contribution >= 4 is 21.9 Å². The zero-order chi connectivity index (χ0) is 19.3. The van der Waals surface area contributed by atoms with Crippen molar-refractivity contribution in [2.24, 2.45) is 0 Å². The summed E-state index contributed by atoms with van der Waals surface area (Å²) in [6, 6.07) is 16.4. The van der Waals surface area contributed by atoms with E-state index in [2.05, 4.69) is 10.0 Å². The number of sulfonamides is 1. The van der Waals surface area contributed by atoms with Crippen LogP contribution >= 0.6 is 0 Å². The minimum atomic E-state index is -3.84. The predicted octanol–water partition coefficient (Wildman–Crippen LogP) is 1.53. The van der Waals surface area contributed by atoms with Crippen LogP contribution < -0.4 is 10.0 Å². The summed E-state index contributed by atoms with van der Waals surface area (Å²) in [6.07, 6.45) is 0.677. The summed E-state index contributed by atoms with van der Waals surface area (Å²) in [5.74, 6) is -1.25. The van der Waals surface area contributed by atoms with Crippen LogP contribution in [0.25, 0.3) is 0 Å². The topological polar surface area (TPSA) is 102 Å². The van der Waals surface area contributed by atoms with E-state index in [1.54, 1.807) is 48.5 Å². The first kappa shape index (κ1) is 19.1. The fourth-order valence-corrected chi connectivity index (χ4v) is 3.41. The van der Waals surface area contributed by atoms with Gasteiger partial charge in [-0.1, -0.05) is 48.5 Å². The van der Waals surface area contributed by atoms with Crippen LogP contribution in [0.1, 0.15) is 24.5 Å². The van der Waals surface area contributed by atoms with E-state index in [1.165, 1.54) is 12.1 Å². The van der Waals surface area contributed by atoms with E-state index < -0.39 is 34.5 Å². The highest BCUT2D eigenvalue weighted by Gasteiger charge is 2.31. The Morgan fingerprint density at radius 1 is 1.00 bits per heavy atom. The van der Waals surface area contributed by atoms with E-state index in [1.807, 2.05) is 0 Å². The second kappa shape index (κ2) is 8.32. The van der Waals surface area contributed by atoms with Gasteiger partial charge in [0.25, 0.3) is 5.91 Å². The number of amides is 1. The van der Waals surface area contributed by atoms with Crippen molar-refractivity contribution in [3.8, 4) is 0 Å². The number of hydrogen-bond acceptors (Lipinski definition) is 5. The number of carbonyl (C=O) groups excluding carboxylic acids is 2. The molecule has 0 aromatic heterocycles. The number of nitrogens with one attached hydrogen (secondary N) is 2. The van der Waals surface area contributed by atoms with E-state index >= 15 is 0 Å². The van der Waals surface area contributed by atoms with Crippen molar-refractivity contribution in [2.45, 2.75) is 29.9 Å².